The highest BCUT2D eigenvalue weighted by Crippen LogP contribution is 2.30. The number of hydrogen-bond acceptors (Lipinski definition) is 8. The number of ether oxygens (including phenoxy) is 1. The fourth-order valence-corrected chi connectivity index (χ4v) is 7.56. The maximum atomic E-state index is 13.3. The van der Waals surface area contributed by atoms with Crippen LogP contribution >= 0.6 is 0 Å². The van der Waals surface area contributed by atoms with Crippen LogP contribution in [0.5, 0.6) is 5.75 Å². The number of fused-ring (bicyclic) bond motifs is 1. The number of phenols is 1. The fourth-order valence-electron chi connectivity index (χ4n) is 7.56. The number of carbonyl (C=O) groups excluding carboxylic acids is 3. The van der Waals surface area contributed by atoms with Gasteiger partial charge in [0.2, 0.25) is 11.5 Å². The molecule has 5 N–H and O–H groups in total. The van der Waals surface area contributed by atoms with Crippen LogP contribution in [-0.4, -0.2) is 86.6 Å². The van der Waals surface area contributed by atoms with Crippen LogP contribution in [0.25, 0.3) is 22.0 Å². The summed E-state index contributed by atoms with van der Waals surface area (Å²) in [5.41, 5.74) is 6.32. The molecule has 0 aliphatic carbocycles. The lowest BCUT2D eigenvalue weighted by molar-refractivity contribution is -0.118. The van der Waals surface area contributed by atoms with Crippen molar-refractivity contribution in [1.29, 1.82) is 0 Å². The highest BCUT2D eigenvalue weighted by molar-refractivity contribution is 6.14. The molecule has 61 heavy (non-hydrogen) atoms. The Labute approximate surface area is 356 Å². The minimum Gasteiger partial charge on any atom is -0.506 e. The number of nitrogens with zero attached hydrogens (tertiary/aromatic N) is 2. The van der Waals surface area contributed by atoms with Crippen molar-refractivity contribution in [3.63, 3.8) is 0 Å². The molecule has 0 saturated carbocycles. The minimum absolute atomic E-state index is 0.000575. The Morgan fingerprint density at radius 1 is 0.885 bits per heavy atom. The van der Waals surface area contributed by atoms with E-state index in [2.05, 4.69) is 25.8 Å². The Bertz CT molecular complexity index is 2520. The van der Waals surface area contributed by atoms with Crippen LogP contribution in [0.4, 0.5) is 21.9 Å². The number of nitrogens with one attached hydrogen (secondary N) is 4. The molecule has 12 nitrogen and oxygen atoms in total. The van der Waals surface area contributed by atoms with Crippen molar-refractivity contribution < 1.29 is 24.2 Å². The van der Waals surface area contributed by atoms with Crippen LogP contribution in [0.2, 0.25) is 0 Å². The highest BCUT2D eigenvalue weighted by Gasteiger charge is 2.24. The monoisotopic (exact) mass is 816 g/mol. The third kappa shape index (κ3) is 11.1. The Balaban J connectivity index is 0.815. The number of pyridine rings is 1. The predicted molar refractivity (Wildman–Crippen MR) is 242 cm³/mol. The number of aromatic nitrogens is 1. The van der Waals surface area contributed by atoms with Gasteiger partial charge in [0.15, 0.2) is 0 Å². The van der Waals surface area contributed by atoms with Crippen molar-refractivity contribution in [3.8, 4) is 16.9 Å². The quantitative estimate of drug-likeness (QED) is 0.0536. The van der Waals surface area contributed by atoms with E-state index in [0.29, 0.717) is 85.5 Å². The van der Waals surface area contributed by atoms with Gasteiger partial charge in [-0.1, -0.05) is 72.8 Å². The summed E-state index contributed by atoms with van der Waals surface area (Å²) in [6, 6.07) is 38.6. The number of anilines is 3. The van der Waals surface area contributed by atoms with Gasteiger partial charge in [0.25, 0.3) is 5.91 Å². The van der Waals surface area contributed by atoms with Crippen LogP contribution in [0.1, 0.15) is 46.6 Å². The Morgan fingerprint density at radius 3 is 2.43 bits per heavy atom. The molecule has 2 radical (unpaired) electrons. The first-order chi connectivity index (χ1) is 29.6. The molecule has 1 aliphatic heterocycles. The van der Waals surface area contributed by atoms with Gasteiger partial charge in [-0.15, -0.1) is 0 Å². The number of phenolic OH excluding ortho intramolecular Hbond substituents is 1. The predicted octanol–water partition coefficient (Wildman–Crippen LogP) is 7.26. The molecule has 5 aromatic carbocycles. The van der Waals surface area contributed by atoms with Gasteiger partial charge in [-0.2, -0.15) is 0 Å². The number of likely N-dealkylation sites (tertiary alicyclic amines) is 1. The molecule has 0 unspecified atom stereocenters. The van der Waals surface area contributed by atoms with Gasteiger partial charge in [-0.3, -0.25) is 19.7 Å². The Kier molecular flexibility index (Phi) is 13.9. The van der Waals surface area contributed by atoms with E-state index in [-0.39, 0.29) is 35.0 Å². The summed E-state index contributed by atoms with van der Waals surface area (Å²) >= 11 is 0. The number of piperidine rings is 1. The third-order valence-corrected chi connectivity index (χ3v) is 11.0. The Hall–Kier alpha value is -6.70. The molecule has 1 aromatic heterocycles. The molecule has 7 rings (SSSR count). The first-order valence-electron chi connectivity index (χ1n) is 20.5. The second-order valence-corrected chi connectivity index (χ2v) is 15.2. The van der Waals surface area contributed by atoms with Crippen molar-refractivity contribution in [1.82, 2.24) is 15.2 Å². The summed E-state index contributed by atoms with van der Waals surface area (Å²) < 4.78 is 5.78. The summed E-state index contributed by atoms with van der Waals surface area (Å²) in [7, 11) is 8.18. The topological polar surface area (TPSA) is 156 Å². The molecule has 1 fully saturated rings. The average molecular weight is 817 g/mol. The van der Waals surface area contributed by atoms with Gasteiger partial charge in [0.1, 0.15) is 11.9 Å². The van der Waals surface area contributed by atoms with Crippen LogP contribution in [0, 0.1) is 0 Å². The van der Waals surface area contributed by atoms with E-state index in [9.17, 15) is 24.3 Å². The summed E-state index contributed by atoms with van der Waals surface area (Å²) in [5.74, 6) is -0.696. The van der Waals surface area contributed by atoms with Crippen molar-refractivity contribution in [3.05, 3.63) is 154 Å². The van der Waals surface area contributed by atoms with E-state index in [1.807, 2.05) is 84.9 Å². The molecule has 6 aromatic rings. The third-order valence-electron chi connectivity index (χ3n) is 11.0. The van der Waals surface area contributed by atoms with Gasteiger partial charge in [-0.25, -0.2) is 4.79 Å². The number of para-hydroxylation sites is 1. The molecule has 13 heteroatoms. The van der Waals surface area contributed by atoms with Gasteiger partial charge >= 0.3 is 6.09 Å². The van der Waals surface area contributed by atoms with Crippen LogP contribution in [-0.2, 0) is 16.0 Å². The zero-order chi connectivity index (χ0) is 42.7. The molecule has 310 valence electrons. The molecule has 2 heterocycles. The molecule has 0 spiro atoms. The number of aromatic amines is 1. The van der Waals surface area contributed by atoms with Gasteiger partial charge in [0, 0.05) is 67.1 Å². The number of aromatic hydroxyl groups is 1. The van der Waals surface area contributed by atoms with Crippen LogP contribution < -0.4 is 26.4 Å². The van der Waals surface area contributed by atoms with E-state index in [4.69, 9.17) is 12.6 Å². The maximum Gasteiger partial charge on any atom is 0.411 e. The number of benzene rings is 5. The zero-order valence-electron chi connectivity index (χ0n) is 34.1. The normalized spacial score (nSPS) is 13.7. The first-order valence-corrected chi connectivity index (χ1v) is 20.5. The lowest BCUT2D eigenvalue weighted by Gasteiger charge is -2.31. The summed E-state index contributed by atoms with van der Waals surface area (Å²) in [4.78, 5) is 57.5. The van der Waals surface area contributed by atoms with E-state index in [0.717, 1.165) is 28.7 Å². The highest BCUT2D eigenvalue weighted by atomic mass is 16.6. The van der Waals surface area contributed by atoms with Crippen molar-refractivity contribution >= 4 is 53.7 Å². The second-order valence-electron chi connectivity index (χ2n) is 15.2. The van der Waals surface area contributed by atoms with Crippen molar-refractivity contribution in [2.75, 3.05) is 55.3 Å². The molecule has 1 saturated heterocycles. The van der Waals surface area contributed by atoms with Gasteiger partial charge < -0.3 is 35.3 Å². The number of rotatable bonds is 15. The van der Waals surface area contributed by atoms with Crippen molar-refractivity contribution in [2.45, 2.75) is 37.6 Å². The molecule has 3 amide bonds. The summed E-state index contributed by atoms with van der Waals surface area (Å²) in [6.45, 7) is 3.17. The largest absolute Gasteiger partial charge is 0.506 e. The summed E-state index contributed by atoms with van der Waals surface area (Å²) in [5, 5.41) is 20.1. The smallest absolute Gasteiger partial charge is 0.411 e. The number of carbonyl (C=O) groups is 3. The second kappa shape index (κ2) is 20.0. The molecular formula is C48H49BN6O6. The van der Waals surface area contributed by atoms with E-state index < -0.39 is 6.09 Å². The minimum atomic E-state index is -0.477. The zero-order valence-corrected chi connectivity index (χ0v) is 34.1. The van der Waals surface area contributed by atoms with E-state index in [1.165, 1.54) is 12.1 Å². The van der Waals surface area contributed by atoms with E-state index in [1.54, 1.807) is 42.3 Å². The van der Waals surface area contributed by atoms with Gasteiger partial charge in [0.05, 0.1) is 19.1 Å². The van der Waals surface area contributed by atoms with Crippen LogP contribution in [0.3, 0.4) is 0 Å². The lowest BCUT2D eigenvalue weighted by atomic mass is 9.79. The summed E-state index contributed by atoms with van der Waals surface area (Å²) in [6.07, 6.45) is 1.72. The fraction of sp³-hybridized carbons (Fsp3) is 0.250. The van der Waals surface area contributed by atoms with Gasteiger partial charge in [-0.05, 0) is 103 Å². The maximum absolute atomic E-state index is 13.3. The van der Waals surface area contributed by atoms with E-state index >= 15 is 0 Å². The molecule has 0 bridgehead atoms. The first kappa shape index (κ1) is 42.4. The molecular weight excluding hydrogens is 767 g/mol. The standard InChI is InChI=1S/C48H49BN6O6/c1-54(45(58)25-29-55-27-23-37(24-28-55)61-48(60)52-42-13-6-5-12-38(42)33-8-3-2-4-9-33)36-11-7-10-34(30-36)47(59)51-35-16-14-32(15-17-35)22-26-50-31-41(49)39-18-20-43(56)46-40(39)19-21-44(57)53-46/h2-21,30,37,41,50,56H,22-29,31H2,1H3,(H,51,59)(H,52,60)(H,53,57)/t41-/m0/s1. The van der Waals surface area contributed by atoms with Crippen molar-refractivity contribution in [2.24, 2.45) is 0 Å². The molecule has 1 atom stereocenters. The Morgan fingerprint density at radius 2 is 1.64 bits per heavy atom. The number of H-pyrrole nitrogens is 1. The average Bonchev–Trinajstić information content (AvgIpc) is 3.28. The molecule has 1 aliphatic rings. The number of amides is 3. The SMILES string of the molecule is [B][C@@H](CNCCc1ccc(NC(=O)c2cccc(N(C)C(=O)CCN3CCC(OC(=O)Nc4ccccc4-c4ccccc4)CC3)c2)cc1)c1ccc(O)c2[nH]c(=O)ccc12. The lowest BCUT2D eigenvalue weighted by Crippen LogP contribution is -2.40. The van der Waals surface area contributed by atoms with Crippen LogP contribution in [0.15, 0.2) is 132 Å². The number of hydrogen-bond donors (Lipinski definition) is 5.